The molecule has 0 amide bonds. The molecule has 0 bridgehead atoms. The lowest BCUT2D eigenvalue weighted by Gasteiger charge is -2.50. The molecule has 0 saturated heterocycles. The Labute approximate surface area is 142 Å². The largest absolute Gasteiger partial charge is 0.508 e. The van der Waals surface area contributed by atoms with Crippen molar-refractivity contribution in [2.45, 2.75) is 62.4 Å². The Bertz CT molecular complexity index is 787. The average Bonchev–Trinajstić information content (AvgIpc) is 2.81. The second kappa shape index (κ2) is 5.19. The summed E-state index contributed by atoms with van der Waals surface area (Å²) < 4.78 is 33.4. The lowest BCUT2D eigenvalue weighted by atomic mass is 9.55. The zero-order valence-corrected chi connectivity index (χ0v) is 14.6. The van der Waals surface area contributed by atoms with Gasteiger partial charge in [-0.3, -0.25) is 4.55 Å². The van der Waals surface area contributed by atoms with Crippen molar-refractivity contribution >= 4 is 10.1 Å². The third-order valence-electron chi connectivity index (χ3n) is 7.00. The molecule has 0 aliphatic heterocycles. The predicted octanol–water partition coefficient (Wildman–Crippen LogP) is 2.86. The van der Waals surface area contributed by atoms with Crippen LogP contribution in [0.3, 0.4) is 0 Å². The number of fused-ring (bicyclic) bond motifs is 5. The van der Waals surface area contributed by atoms with Gasteiger partial charge < -0.3 is 10.2 Å². The van der Waals surface area contributed by atoms with Crippen molar-refractivity contribution in [3.63, 3.8) is 0 Å². The first kappa shape index (κ1) is 16.4. The van der Waals surface area contributed by atoms with Gasteiger partial charge in [-0.2, -0.15) is 8.42 Å². The Morgan fingerprint density at radius 2 is 1.92 bits per heavy atom. The summed E-state index contributed by atoms with van der Waals surface area (Å²) in [6.45, 7) is 2.17. The molecule has 1 aromatic carbocycles. The van der Waals surface area contributed by atoms with Gasteiger partial charge in [0.1, 0.15) is 10.6 Å². The molecule has 4 rings (SSSR count). The van der Waals surface area contributed by atoms with Gasteiger partial charge in [-0.1, -0.05) is 6.92 Å². The molecule has 2 fully saturated rings. The number of phenolic OH excluding ortho intramolecular Hbond substituents is 1. The van der Waals surface area contributed by atoms with E-state index in [1.807, 2.05) is 0 Å². The molecule has 5 atom stereocenters. The summed E-state index contributed by atoms with van der Waals surface area (Å²) in [5.74, 6) is 0.687. The number of aliphatic hydroxyl groups is 1. The van der Waals surface area contributed by atoms with E-state index in [-0.39, 0.29) is 28.1 Å². The van der Waals surface area contributed by atoms with E-state index in [1.54, 1.807) is 6.07 Å². The Kier molecular flexibility index (Phi) is 3.54. The van der Waals surface area contributed by atoms with Crippen molar-refractivity contribution in [2.75, 3.05) is 0 Å². The highest BCUT2D eigenvalue weighted by atomic mass is 32.2. The lowest BCUT2D eigenvalue weighted by Crippen LogP contribution is -2.44. The first-order chi connectivity index (χ1) is 11.2. The topological polar surface area (TPSA) is 94.8 Å². The monoisotopic (exact) mass is 352 g/mol. The third kappa shape index (κ3) is 2.23. The first-order valence-electron chi connectivity index (χ1n) is 8.73. The van der Waals surface area contributed by atoms with Gasteiger partial charge in [0, 0.05) is 6.07 Å². The number of benzene rings is 1. The summed E-state index contributed by atoms with van der Waals surface area (Å²) in [5.41, 5.74) is 1.47. The highest BCUT2D eigenvalue weighted by Crippen LogP contribution is 2.61. The molecule has 24 heavy (non-hydrogen) atoms. The van der Waals surface area contributed by atoms with Crippen LogP contribution in [-0.4, -0.2) is 29.3 Å². The van der Waals surface area contributed by atoms with Crippen LogP contribution in [-0.2, 0) is 16.5 Å². The van der Waals surface area contributed by atoms with Crippen molar-refractivity contribution in [1.82, 2.24) is 0 Å². The van der Waals surface area contributed by atoms with Gasteiger partial charge in [0.05, 0.1) is 6.10 Å². The molecule has 132 valence electrons. The van der Waals surface area contributed by atoms with Crippen LogP contribution in [0.2, 0.25) is 0 Å². The Balaban J connectivity index is 1.83. The third-order valence-corrected chi connectivity index (χ3v) is 7.89. The van der Waals surface area contributed by atoms with Gasteiger partial charge in [0.15, 0.2) is 0 Å². The molecule has 0 spiro atoms. The van der Waals surface area contributed by atoms with Gasteiger partial charge in [0.25, 0.3) is 10.1 Å². The summed E-state index contributed by atoms with van der Waals surface area (Å²) >= 11 is 0. The Hall–Kier alpha value is -1.11. The van der Waals surface area contributed by atoms with Crippen LogP contribution in [0.1, 0.15) is 56.1 Å². The van der Waals surface area contributed by atoms with E-state index in [9.17, 15) is 23.2 Å². The number of hydrogen-bond donors (Lipinski definition) is 3. The maximum Gasteiger partial charge on any atom is 0.294 e. The minimum absolute atomic E-state index is 0.0756. The van der Waals surface area contributed by atoms with Crippen molar-refractivity contribution in [3.8, 4) is 5.75 Å². The van der Waals surface area contributed by atoms with Crippen molar-refractivity contribution in [1.29, 1.82) is 0 Å². The molecule has 1 aromatic rings. The van der Waals surface area contributed by atoms with Gasteiger partial charge >= 0.3 is 0 Å². The molecule has 3 aliphatic carbocycles. The fraction of sp³-hybridized carbons (Fsp3) is 0.667. The molecule has 0 unspecified atom stereocenters. The molecule has 3 aliphatic rings. The maximum absolute atomic E-state index is 11.9. The molecule has 3 N–H and O–H groups in total. The quantitative estimate of drug-likeness (QED) is 0.676. The van der Waals surface area contributed by atoms with Crippen LogP contribution < -0.4 is 0 Å². The minimum Gasteiger partial charge on any atom is -0.508 e. The zero-order valence-electron chi connectivity index (χ0n) is 13.8. The SMILES string of the molecule is C[C@]12CC[C@@H]3c4c(cc(O)cc4S(=O)(=O)O)CC[C@H]3[C@@H]1CC[C@H]2O. The average molecular weight is 352 g/mol. The molecule has 0 heterocycles. The normalized spacial score (nSPS) is 38.3. The van der Waals surface area contributed by atoms with E-state index in [0.717, 1.165) is 37.7 Å². The van der Waals surface area contributed by atoms with Crippen LogP contribution in [0.5, 0.6) is 5.75 Å². The van der Waals surface area contributed by atoms with Gasteiger partial charge in [-0.25, -0.2) is 0 Å². The fourth-order valence-corrected chi connectivity index (χ4v) is 6.68. The van der Waals surface area contributed by atoms with Gasteiger partial charge in [0.2, 0.25) is 0 Å². The fourth-order valence-electron chi connectivity index (χ4n) is 5.85. The Morgan fingerprint density at radius 1 is 1.17 bits per heavy atom. The molecule has 0 radical (unpaired) electrons. The number of phenols is 1. The lowest BCUT2D eigenvalue weighted by molar-refractivity contribution is -0.0230. The number of aryl methyl sites for hydroxylation is 1. The number of aromatic hydroxyl groups is 1. The van der Waals surface area contributed by atoms with Crippen LogP contribution in [0.4, 0.5) is 0 Å². The van der Waals surface area contributed by atoms with Crippen LogP contribution >= 0.6 is 0 Å². The Morgan fingerprint density at radius 3 is 2.62 bits per heavy atom. The smallest absolute Gasteiger partial charge is 0.294 e. The highest BCUT2D eigenvalue weighted by Gasteiger charge is 2.55. The molecular weight excluding hydrogens is 328 g/mol. The second-order valence-corrected chi connectivity index (χ2v) is 9.43. The summed E-state index contributed by atoms with van der Waals surface area (Å²) in [7, 11) is -4.37. The van der Waals surface area contributed by atoms with Crippen molar-refractivity contribution in [2.24, 2.45) is 17.3 Å². The standard InChI is InChI=1S/C18H24O5S/c1-18-7-6-13-12(14(18)4-5-16(18)20)3-2-10-8-11(19)9-15(17(10)13)24(21,22)23/h8-9,12-14,16,19-20H,2-7H2,1H3,(H,21,22,23)/t12-,13+,14+,16-,18+/m1/s1. The maximum atomic E-state index is 11.9. The molecule has 0 aromatic heterocycles. The summed E-state index contributed by atoms with van der Waals surface area (Å²) in [5, 5.41) is 20.3. The highest BCUT2D eigenvalue weighted by molar-refractivity contribution is 7.85. The van der Waals surface area contributed by atoms with Crippen molar-refractivity contribution < 1.29 is 23.2 Å². The predicted molar refractivity (Wildman–Crippen MR) is 88.5 cm³/mol. The molecule has 2 saturated carbocycles. The van der Waals surface area contributed by atoms with E-state index in [1.165, 1.54) is 6.07 Å². The van der Waals surface area contributed by atoms with Crippen LogP contribution in [0, 0.1) is 17.3 Å². The van der Waals surface area contributed by atoms with Crippen LogP contribution in [0.25, 0.3) is 0 Å². The molecule has 6 heteroatoms. The van der Waals surface area contributed by atoms with E-state index < -0.39 is 10.1 Å². The van der Waals surface area contributed by atoms with Crippen molar-refractivity contribution in [3.05, 3.63) is 23.3 Å². The van der Waals surface area contributed by atoms with E-state index in [4.69, 9.17) is 0 Å². The zero-order chi connectivity index (χ0) is 17.3. The van der Waals surface area contributed by atoms with Crippen LogP contribution in [0.15, 0.2) is 17.0 Å². The number of rotatable bonds is 1. The minimum atomic E-state index is -4.37. The number of aliphatic hydroxyl groups excluding tert-OH is 1. The summed E-state index contributed by atoms with van der Waals surface area (Å²) in [6, 6.07) is 2.81. The van der Waals surface area contributed by atoms with E-state index in [0.29, 0.717) is 23.8 Å². The van der Waals surface area contributed by atoms with E-state index in [2.05, 4.69) is 6.92 Å². The molecule has 5 nitrogen and oxygen atoms in total. The number of hydrogen-bond acceptors (Lipinski definition) is 4. The first-order valence-corrected chi connectivity index (χ1v) is 10.2. The van der Waals surface area contributed by atoms with Gasteiger partial charge in [-0.15, -0.1) is 0 Å². The molecular formula is C18H24O5S. The second-order valence-electron chi connectivity index (χ2n) is 8.04. The van der Waals surface area contributed by atoms with E-state index >= 15 is 0 Å². The summed E-state index contributed by atoms with van der Waals surface area (Å²) in [4.78, 5) is -0.130. The summed E-state index contributed by atoms with van der Waals surface area (Å²) in [6.07, 6.45) is 4.85. The van der Waals surface area contributed by atoms with Gasteiger partial charge in [-0.05, 0) is 78.9 Å².